The Kier molecular flexibility index (Phi) is 7.33. The minimum absolute atomic E-state index is 0.0765. The molecule has 3 rings (SSSR count). The average Bonchev–Trinajstić information content (AvgIpc) is 3.11. The monoisotopic (exact) mass is 423 g/mol. The third-order valence-corrected chi connectivity index (χ3v) is 5.03. The topological polar surface area (TPSA) is 91.9 Å². The van der Waals surface area contributed by atoms with Gasteiger partial charge in [0.25, 0.3) is 5.56 Å². The van der Waals surface area contributed by atoms with Crippen molar-refractivity contribution >= 4 is 5.97 Å². The number of hydrogen-bond acceptors (Lipinski definition) is 6. The molecule has 0 bridgehead atoms. The zero-order valence-electron chi connectivity index (χ0n) is 18.6. The number of carbonyl (C=O) groups is 1. The number of aromatic nitrogens is 5. The maximum Gasteiger partial charge on any atom is 0.311 e. The quantitative estimate of drug-likeness (QED) is 0.490. The number of pyridine rings is 2. The van der Waals surface area contributed by atoms with E-state index in [9.17, 15) is 9.59 Å². The Morgan fingerprint density at radius 1 is 1.10 bits per heavy atom. The maximum absolute atomic E-state index is 12.4. The Balaban J connectivity index is 1.95. The van der Waals surface area contributed by atoms with Crippen LogP contribution in [0.3, 0.4) is 0 Å². The van der Waals surface area contributed by atoms with Crippen molar-refractivity contribution in [3.8, 4) is 17.1 Å². The molecule has 3 aromatic heterocycles. The highest BCUT2D eigenvalue weighted by molar-refractivity contribution is 5.72. The van der Waals surface area contributed by atoms with E-state index in [1.54, 1.807) is 34.5 Å². The maximum atomic E-state index is 12.4. The standard InChI is InChI=1S/C23H29N5O3/c1-5-8-16-10-13-21(29)28(14-16)15-19-23(25-26-27(19)4)18-11-12-20(17(7-3)24-18)31-22(30)9-6-2/h10-14H,5-9,15H2,1-4H3. The molecule has 0 saturated carbocycles. The number of aryl methyl sites for hydroxylation is 3. The molecule has 0 aliphatic carbocycles. The Bertz CT molecular complexity index is 1120. The molecule has 0 saturated heterocycles. The third-order valence-electron chi connectivity index (χ3n) is 5.03. The summed E-state index contributed by atoms with van der Waals surface area (Å²) in [5.74, 6) is 0.205. The van der Waals surface area contributed by atoms with E-state index < -0.39 is 0 Å². The van der Waals surface area contributed by atoms with E-state index in [0.29, 0.717) is 42.2 Å². The lowest BCUT2D eigenvalue weighted by atomic mass is 10.1. The summed E-state index contributed by atoms with van der Waals surface area (Å²) in [4.78, 5) is 29.0. The molecule has 3 heterocycles. The van der Waals surface area contributed by atoms with Gasteiger partial charge in [-0.2, -0.15) is 0 Å². The van der Waals surface area contributed by atoms with Gasteiger partial charge < -0.3 is 9.30 Å². The van der Waals surface area contributed by atoms with Crippen LogP contribution in [-0.4, -0.2) is 30.5 Å². The molecule has 31 heavy (non-hydrogen) atoms. The van der Waals surface area contributed by atoms with Gasteiger partial charge in [-0.15, -0.1) is 5.10 Å². The first-order valence-corrected chi connectivity index (χ1v) is 10.8. The van der Waals surface area contributed by atoms with Crippen LogP contribution >= 0.6 is 0 Å². The van der Waals surface area contributed by atoms with Crippen LogP contribution in [0.15, 0.2) is 35.3 Å². The highest BCUT2D eigenvalue weighted by Crippen LogP contribution is 2.25. The summed E-state index contributed by atoms with van der Waals surface area (Å²) < 4.78 is 8.80. The molecule has 8 nitrogen and oxygen atoms in total. The van der Waals surface area contributed by atoms with Gasteiger partial charge in [0, 0.05) is 25.7 Å². The van der Waals surface area contributed by atoms with E-state index in [1.807, 2.05) is 26.1 Å². The minimum atomic E-state index is -0.265. The van der Waals surface area contributed by atoms with Crippen molar-refractivity contribution in [2.75, 3.05) is 0 Å². The summed E-state index contributed by atoms with van der Waals surface area (Å²) in [5.41, 5.74) is 3.74. The van der Waals surface area contributed by atoms with Crippen LogP contribution < -0.4 is 10.3 Å². The molecule has 0 aromatic carbocycles. The van der Waals surface area contributed by atoms with Gasteiger partial charge in [0.15, 0.2) is 5.75 Å². The fourth-order valence-electron chi connectivity index (χ4n) is 3.40. The molecule has 0 spiro atoms. The Labute approximate surface area is 181 Å². The van der Waals surface area contributed by atoms with Crippen molar-refractivity contribution in [3.05, 3.63) is 57.8 Å². The number of rotatable bonds is 9. The van der Waals surface area contributed by atoms with E-state index in [2.05, 4.69) is 22.2 Å². The van der Waals surface area contributed by atoms with Crippen LogP contribution in [0.5, 0.6) is 5.75 Å². The summed E-state index contributed by atoms with van der Waals surface area (Å²) in [6.07, 6.45) is 5.52. The van der Waals surface area contributed by atoms with Crippen LogP contribution in [-0.2, 0) is 31.2 Å². The molecule has 0 radical (unpaired) electrons. The van der Waals surface area contributed by atoms with Crippen molar-refractivity contribution < 1.29 is 9.53 Å². The van der Waals surface area contributed by atoms with Gasteiger partial charge in [-0.3, -0.25) is 9.59 Å². The van der Waals surface area contributed by atoms with Crippen LogP contribution in [0.4, 0.5) is 0 Å². The van der Waals surface area contributed by atoms with Gasteiger partial charge >= 0.3 is 5.97 Å². The molecule has 3 aromatic rings. The Morgan fingerprint density at radius 3 is 2.61 bits per heavy atom. The first-order chi connectivity index (χ1) is 15.0. The van der Waals surface area contributed by atoms with Crippen LogP contribution in [0.1, 0.15) is 57.0 Å². The molecule has 0 N–H and O–H groups in total. The summed E-state index contributed by atoms with van der Waals surface area (Å²) in [6.45, 7) is 6.34. The zero-order chi connectivity index (χ0) is 22.4. The molecule has 0 aliphatic rings. The smallest absolute Gasteiger partial charge is 0.311 e. The fraction of sp³-hybridized carbons (Fsp3) is 0.435. The molecule has 0 amide bonds. The largest absolute Gasteiger partial charge is 0.425 e. The highest BCUT2D eigenvalue weighted by Gasteiger charge is 2.18. The van der Waals surface area contributed by atoms with Gasteiger partial charge in [-0.05, 0) is 37.0 Å². The van der Waals surface area contributed by atoms with Gasteiger partial charge in [0.2, 0.25) is 0 Å². The Morgan fingerprint density at radius 2 is 1.90 bits per heavy atom. The molecule has 8 heteroatoms. The summed E-state index contributed by atoms with van der Waals surface area (Å²) in [5, 5.41) is 8.45. The van der Waals surface area contributed by atoms with E-state index >= 15 is 0 Å². The molecule has 0 atom stereocenters. The number of nitrogens with zero attached hydrogens (tertiary/aromatic N) is 5. The second-order valence-corrected chi connectivity index (χ2v) is 7.48. The predicted octanol–water partition coefficient (Wildman–Crippen LogP) is 3.31. The Hall–Kier alpha value is -3.29. The molecule has 164 valence electrons. The van der Waals surface area contributed by atoms with Gasteiger partial charge in [-0.25, -0.2) is 9.67 Å². The molecular formula is C23H29N5O3. The predicted molar refractivity (Wildman–Crippen MR) is 118 cm³/mol. The summed E-state index contributed by atoms with van der Waals surface area (Å²) in [7, 11) is 1.80. The van der Waals surface area contributed by atoms with Crippen molar-refractivity contribution in [1.29, 1.82) is 0 Å². The van der Waals surface area contributed by atoms with Gasteiger partial charge in [-0.1, -0.05) is 38.5 Å². The molecule has 0 fully saturated rings. The van der Waals surface area contributed by atoms with E-state index in [1.165, 1.54) is 0 Å². The van der Waals surface area contributed by atoms with Crippen LogP contribution in [0, 0.1) is 0 Å². The van der Waals surface area contributed by atoms with Crippen LogP contribution in [0.2, 0.25) is 0 Å². The van der Waals surface area contributed by atoms with Gasteiger partial charge in [0.05, 0.1) is 23.6 Å². The minimum Gasteiger partial charge on any atom is -0.425 e. The van der Waals surface area contributed by atoms with Gasteiger partial charge in [0.1, 0.15) is 5.69 Å². The van der Waals surface area contributed by atoms with Crippen molar-refractivity contribution in [3.63, 3.8) is 0 Å². The van der Waals surface area contributed by atoms with Crippen molar-refractivity contribution in [2.45, 2.75) is 59.4 Å². The average molecular weight is 424 g/mol. The lowest BCUT2D eigenvalue weighted by Crippen LogP contribution is -2.21. The van der Waals surface area contributed by atoms with E-state index in [-0.39, 0.29) is 11.5 Å². The molecular weight excluding hydrogens is 394 g/mol. The normalized spacial score (nSPS) is 11.0. The lowest BCUT2D eigenvalue weighted by Gasteiger charge is -2.11. The van der Waals surface area contributed by atoms with Crippen LogP contribution in [0.25, 0.3) is 11.4 Å². The van der Waals surface area contributed by atoms with E-state index in [0.717, 1.165) is 30.5 Å². The number of esters is 1. The first-order valence-electron chi connectivity index (χ1n) is 10.8. The summed E-state index contributed by atoms with van der Waals surface area (Å²) in [6, 6.07) is 7.00. The molecule has 0 unspecified atom stereocenters. The highest BCUT2D eigenvalue weighted by atomic mass is 16.5. The number of ether oxygens (including phenoxy) is 1. The first kappa shape index (κ1) is 22.4. The zero-order valence-corrected chi connectivity index (χ0v) is 18.6. The third kappa shape index (κ3) is 5.25. The van der Waals surface area contributed by atoms with E-state index in [4.69, 9.17) is 4.74 Å². The molecule has 0 aliphatic heterocycles. The second kappa shape index (κ2) is 10.1. The van der Waals surface area contributed by atoms with Crippen molar-refractivity contribution in [1.82, 2.24) is 24.5 Å². The number of carbonyl (C=O) groups excluding carboxylic acids is 1. The fourth-order valence-corrected chi connectivity index (χ4v) is 3.40. The second-order valence-electron chi connectivity index (χ2n) is 7.48. The lowest BCUT2D eigenvalue weighted by molar-refractivity contribution is -0.134. The number of hydrogen-bond donors (Lipinski definition) is 0. The van der Waals surface area contributed by atoms with Crippen molar-refractivity contribution in [2.24, 2.45) is 7.05 Å². The summed E-state index contributed by atoms with van der Waals surface area (Å²) >= 11 is 0. The SMILES string of the molecule is CCCC(=O)Oc1ccc(-c2nnn(C)c2Cn2cc(CCC)ccc2=O)nc1CC.